The molecule has 0 aliphatic heterocycles. The van der Waals surface area contributed by atoms with Crippen molar-refractivity contribution in [2.75, 3.05) is 20.1 Å². The highest BCUT2D eigenvalue weighted by Crippen LogP contribution is 2.24. The van der Waals surface area contributed by atoms with Crippen LogP contribution in [-0.4, -0.2) is 50.4 Å². The lowest BCUT2D eigenvalue weighted by Gasteiger charge is -2.31. The fourth-order valence-electron chi connectivity index (χ4n) is 3.27. The van der Waals surface area contributed by atoms with Gasteiger partial charge in [-0.1, -0.05) is 18.9 Å². The fourth-order valence-corrected chi connectivity index (χ4v) is 3.27. The fraction of sp³-hybridized carbons (Fsp3) is 0.625. The Balaban J connectivity index is 1.59. The second-order valence-corrected chi connectivity index (χ2v) is 6.31. The highest BCUT2D eigenvalue weighted by molar-refractivity contribution is 5.35. The van der Waals surface area contributed by atoms with Crippen LogP contribution in [0.25, 0.3) is 5.65 Å². The first kappa shape index (κ1) is 15.2. The van der Waals surface area contributed by atoms with E-state index in [4.69, 9.17) is 0 Å². The van der Waals surface area contributed by atoms with Gasteiger partial charge in [0.15, 0.2) is 5.65 Å². The van der Waals surface area contributed by atoms with Crippen molar-refractivity contribution in [3.05, 3.63) is 34.9 Å². The Morgan fingerprint density at radius 2 is 2.18 bits per heavy atom. The van der Waals surface area contributed by atoms with Crippen molar-refractivity contribution < 1.29 is 5.11 Å². The van der Waals surface area contributed by atoms with Crippen LogP contribution < -0.4 is 5.69 Å². The van der Waals surface area contributed by atoms with E-state index in [1.165, 1.54) is 11.1 Å². The summed E-state index contributed by atoms with van der Waals surface area (Å²) < 4.78 is 3.08. The second kappa shape index (κ2) is 6.62. The van der Waals surface area contributed by atoms with Crippen molar-refractivity contribution in [1.82, 2.24) is 19.1 Å². The van der Waals surface area contributed by atoms with E-state index in [9.17, 15) is 9.90 Å². The molecule has 22 heavy (non-hydrogen) atoms. The maximum absolute atomic E-state index is 12.2. The number of aliphatic hydroxyl groups excluding tert-OH is 1. The van der Waals surface area contributed by atoms with Crippen LogP contribution in [-0.2, 0) is 6.54 Å². The number of hydrogen-bond acceptors (Lipinski definition) is 4. The average Bonchev–Trinajstić information content (AvgIpc) is 2.84. The molecule has 0 spiro atoms. The number of hydrogen-bond donors (Lipinski definition) is 1. The molecule has 2 aromatic heterocycles. The van der Waals surface area contributed by atoms with Gasteiger partial charge < -0.3 is 10.0 Å². The Morgan fingerprint density at radius 3 is 2.95 bits per heavy atom. The van der Waals surface area contributed by atoms with Gasteiger partial charge in [0.05, 0.1) is 12.6 Å². The molecule has 3 rings (SSSR count). The Labute approximate surface area is 130 Å². The quantitative estimate of drug-likeness (QED) is 0.894. The number of rotatable bonds is 5. The van der Waals surface area contributed by atoms with Crippen molar-refractivity contribution in [2.24, 2.45) is 5.92 Å². The monoisotopic (exact) mass is 304 g/mol. The Bertz CT molecular complexity index is 678. The van der Waals surface area contributed by atoms with Gasteiger partial charge in [-0.15, -0.1) is 5.10 Å². The minimum absolute atomic E-state index is 0.0956. The van der Waals surface area contributed by atoms with Gasteiger partial charge in [0, 0.05) is 19.3 Å². The summed E-state index contributed by atoms with van der Waals surface area (Å²) in [5.41, 5.74) is 0.583. The maximum Gasteiger partial charge on any atom is 0.350 e. The molecule has 2 aromatic rings. The van der Waals surface area contributed by atoms with Crippen LogP contribution in [0.5, 0.6) is 0 Å². The number of likely N-dealkylation sites (N-methyl/N-ethyl adjacent to an activating group) is 1. The van der Waals surface area contributed by atoms with E-state index in [0.717, 1.165) is 32.4 Å². The molecule has 6 heteroatoms. The third-order valence-corrected chi connectivity index (χ3v) is 4.60. The van der Waals surface area contributed by atoms with Crippen molar-refractivity contribution in [2.45, 2.75) is 38.3 Å². The van der Waals surface area contributed by atoms with Gasteiger partial charge in [0.1, 0.15) is 0 Å². The van der Waals surface area contributed by atoms with Crippen LogP contribution in [0.2, 0.25) is 0 Å². The van der Waals surface area contributed by atoms with Crippen LogP contribution >= 0.6 is 0 Å². The number of aromatic nitrogens is 3. The summed E-state index contributed by atoms with van der Waals surface area (Å²) in [5, 5.41) is 14.4. The molecule has 1 fully saturated rings. The Hall–Kier alpha value is -1.66. The number of aliphatic hydroxyl groups is 1. The van der Waals surface area contributed by atoms with E-state index in [-0.39, 0.29) is 11.8 Å². The lowest BCUT2D eigenvalue weighted by atomic mass is 9.86. The molecule has 2 atom stereocenters. The third-order valence-electron chi connectivity index (χ3n) is 4.60. The molecule has 0 saturated heterocycles. The SMILES string of the molecule is CN(CCn1nc2ccccn2c1=O)CC1CCCCC1O. The summed E-state index contributed by atoms with van der Waals surface area (Å²) in [6, 6.07) is 5.54. The Kier molecular flexibility index (Phi) is 4.59. The van der Waals surface area contributed by atoms with E-state index in [0.29, 0.717) is 18.1 Å². The zero-order valence-corrected chi connectivity index (χ0v) is 13.1. The van der Waals surface area contributed by atoms with Crippen LogP contribution in [0, 0.1) is 5.92 Å². The molecule has 0 bridgehead atoms. The summed E-state index contributed by atoms with van der Waals surface area (Å²) >= 11 is 0. The molecule has 6 nitrogen and oxygen atoms in total. The lowest BCUT2D eigenvalue weighted by molar-refractivity contribution is 0.0507. The molecule has 2 unspecified atom stereocenters. The second-order valence-electron chi connectivity index (χ2n) is 6.31. The molecule has 0 amide bonds. The van der Waals surface area contributed by atoms with Crippen molar-refractivity contribution in [1.29, 1.82) is 0 Å². The summed E-state index contributed by atoms with van der Waals surface area (Å²) in [5.74, 6) is 0.358. The Morgan fingerprint density at radius 1 is 1.36 bits per heavy atom. The molecular weight excluding hydrogens is 280 g/mol. The van der Waals surface area contributed by atoms with Crippen LogP contribution in [0.1, 0.15) is 25.7 Å². The highest BCUT2D eigenvalue weighted by atomic mass is 16.3. The van der Waals surface area contributed by atoms with Gasteiger partial charge in [-0.2, -0.15) is 0 Å². The number of fused-ring (bicyclic) bond motifs is 1. The maximum atomic E-state index is 12.2. The molecule has 1 aliphatic rings. The molecular formula is C16H24N4O2. The first-order chi connectivity index (χ1) is 10.6. The average molecular weight is 304 g/mol. The molecule has 1 saturated carbocycles. The predicted molar refractivity (Wildman–Crippen MR) is 84.9 cm³/mol. The smallest absolute Gasteiger partial charge is 0.350 e. The summed E-state index contributed by atoms with van der Waals surface area (Å²) in [6.45, 7) is 2.20. The standard InChI is InChI=1S/C16H24N4O2/c1-18(12-13-6-2-3-7-14(13)21)10-11-20-16(22)19-9-5-4-8-15(19)17-20/h4-5,8-9,13-14,21H,2-3,6-7,10-12H2,1H3. The number of pyridine rings is 1. The normalized spacial score (nSPS) is 22.5. The van der Waals surface area contributed by atoms with Crippen molar-refractivity contribution in [3.63, 3.8) is 0 Å². The summed E-state index contributed by atoms with van der Waals surface area (Å²) in [7, 11) is 2.04. The van der Waals surface area contributed by atoms with E-state index < -0.39 is 0 Å². The zero-order chi connectivity index (χ0) is 15.5. The minimum atomic E-state index is -0.172. The molecule has 120 valence electrons. The third kappa shape index (κ3) is 3.23. The minimum Gasteiger partial charge on any atom is -0.393 e. The molecule has 2 heterocycles. The van der Waals surface area contributed by atoms with E-state index in [1.807, 2.05) is 25.2 Å². The first-order valence-electron chi connectivity index (χ1n) is 8.06. The zero-order valence-electron chi connectivity index (χ0n) is 13.1. The summed E-state index contributed by atoms with van der Waals surface area (Å²) in [4.78, 5) is 14.4. The van der Waals surface area contributed by atoms with Crippen LogP contribution in [0.15, 0.2) is 29.2 Å². The lowest BCUT2D eigenvalue weighted by Crippen LogP contribution is -2.37. The number of nitrogens with zero attached hydrogens (tertiary/aromatic N) is 4. The van der Waals surface area contributed by atoms with Crippen molar-refractivity contribution in [3.8, 4) is 0 Å². The van der Waals surface area contributed by atoms with Gasteiger partial charge in [-0.3, -0.25) is 4.40 Å². The molecule has 1 aliphatic carbocycles. The van der Waals surface area contributed by atoms with E-state index >= 15 is 0 Å². The van der Waals surface area contributed by atoms with Gasteiger partial charge in [0.2, 0.25) is 0 Å². The van der Waals surface area contributed by atoms with Crippen LogP contribution in [0.3, 0.4) is 0 Å². The highest BCUT2D eigenvalue weighted by Gasteiger charge is 2.24. The van der Waals surface area contributed by atoms with E-state index in [1.54, 1.807) is 10.6 Å². The van der Waals surface area contributed by atoms with Gasteiger partial charge in [0.25, 0.3) is 0 Å². The summed E-state index contributed by atoms with van der Waals surface area (Å²) in [6.07, 6.45) is 5.93. The van der Waals surface area contributed by atoms with Crippen LogP contribution in [0.4, 0.5) is 0 Å². The predicted octanol–water partition coefficient (Wildman–Crippen LogP) is 0.979. The molecule has 0 aromatic carbocycles. The first-order valence-corrected chi connectivity index (χ1v) is 8.06. The topological polar surface area (TPSA) is 62.8 Å². The molecule has 0 radical (unpaired) electrons. The van der Waals surface area contributed by atoms with Gasteiger partial charge >= 0.3 is 5.69 Å². The van der Waals surface area contributed by atoms with Gasteiger partial charge in [-0.25, -0.2) is 9.48 Å². The molecule has 1 N–H and O–H groups in total. The van der Waals surface area contributed by atoms with Gasteiger partial charge in [-0.05, 0) is 37.9 Å². The largest absolute Gasteiger partial charge is 0.393 e. The van der Waals surface area contributed by atoms with Crippen molar-refractivity contribution >= 4 is 5.65 Å². The van der Waals surface area contributed by atoms with E-state index in [2.05, 4.69) is 10.00 Å².